The molecule has 1 saturated heterocycles. The number of hydrogen-bond donors (Lipinski definition) is 1. The Hall–Kier alpha value is -3.35. The summed E-state index contributed by atoms with van der Waals surface area (Å²) in [5.41, 5.74) is 1.55. The number of likely N-dealkylation sites (tertiary alicyclic amines) is 1. The van der Waals surface area contributed by atoms with Gasteiger partial charge >= 0.3 is 0 Å². The number of rotatable bonds is 6. The van der Waals surface area contributed by atoms with E-state index in [0.29, 0.717) is 31.5 Å². The third kappa shape index (κ3) is 3.98. The molecule has 1 fully saturated rings. The highest BCUT2D eigenvalue weighted by atomic mass is 16.3. The van der Waals surface area contributed by atoms with Gasteiger partial charge in [-0.1, -0.05) is 6.07 Å². The van der Waals surface area contributed by atoms with E-state index in [4.69, 9.17) is 4.42 Å². The van der Waals surface area contributed by atoms with Crippen molar-refractivity contribution in [3.05, 3.63) is 66.9 Å². The molecule has 1 N–H and O–H groups in total. The summed E-state index contributed by atoms with van der Waals surface area (Å²) in [4.78, 5) is 27.1. The van der Waals surface area contributed by atoms with Crippen LogP contribution in [0.1, 0.15) is 25.0 Å². The Bertz CT molecular complexity index is 934. The molecule has 7 heteroatoms. The lowest BCUT2D eigenvalue weighted by Crippen LogP contribution is -2.43. The minimum absolute atomic E-state index is 0.0145. The van der Waals surface area contributed by atoms with Crippen molar-refractivity contribution in [1.29, 1.82) is 0 Å². The number of amides is 2. The maximum Gasteiger partial charge on any atom is 0.247 e. The predicted octanol–water partition coefficient (Wildman–Crippen LogP) is 3.03. The summed E-state index contributed by atoms with van der Waals surface area (Å²) in [5.74, 6) is 0.616. The van der Waals surface area contributed by atoms with E-state index >= 15 is 0 Å². The molecule has 1 unspecified atom stereocenters. The second-order valence-electron chi connectivity index (χ2n) is 6.81. The molecular weight excluding hydrogens is 356 g/mol. The van der Waals surface area contributed by atoms with Crippen LogP contribution in [0.25, 0.3) is 5.69 Å². The third-order valence-electron chi connectivity index (χ3n) is 4.92. The molecule has 3 aromatic rings. The maximum absolute atomic E-state index is 12.8. The maximum atomic E-state index is 12.8. The Morgan fingerprint density at radius 2 is 2.14 bits per heavy atom. The van der Waals surface area contributed by atoms with Crippen molar-refractivity contribution in [3.8, 4) is 5.69 Å². The molecule has 0 saturated carbocycles. The summed E-state index contributed by atoms with van der Waals surface area (Å²) in [5, 5.41) is 7.15. The Morgan fingerprint density at radius 3 is 2.93 bits per heavy atom. The molecule has 2 amide bonds. The minimum atomic E-state index is -0.433. The van der Waals surface area contributed by atoms with E-state index in [-0.39, 0.29) is 11.8 Å². The van der Waals surface area contributed by atoms with Crippen molar-refractivity contribution in [2.75, 3.05) is 11.9 Å². The number of aryl methyl sites for hydroxylation is 1. The van der Waals surface area contributed by atoms with Crippen LogP contribution < -0.4 is 5.32 Å². The number of nitrogens with zero attached hydrogens (tertiary/aromatic N) is 3. The number of benzene rings is 1. The second-order valence-corrected chi connectivity index (χ2v) is 6.81. The number of carbonyl (C=O) groups is 2. The molecular formula is C21H22N4O3. The fraction of sp³-hybridized carbons (Fsp3) is 0.286. The number of aromatic nitrogens is 2. The van der Waals surface area contributed by atoms with Crippen LogP contribution in [0.3, 0.4) is 0 Å². The van der Waals surface area contributed by atoms with Gasteiger partial charge < -0.3 is 14.6 Å². The molecule has 1 atom stereocenters. The molecule has 2 aromatic heterocycles. The quantitative estimate of drug-likeness (QED) is 0.715. The average molecular weight is 378 g/mol. The lowest BCUT2D eigenvalue weighted by atomic mass is 10.1. The van der Waals surface area contributed by atoms with Crippen LogP contribution in [-0.4, -0.2) is 39.1 Å². The second kappa shape index (κ2) is 8.12. The van der Waals surface area contributed by atoms with Crippen molar-refractivity contribution in [2.24, 2.45) is 0 Å². The largest absolute Gasteiger partial charge is 0.469 e. The number of carbonyl (C=O) groups excluding carboxylic acids is 2. The number of furan rings is 1. The molecule has 3 heterocycles. The van der Waals surface area contributed by atoms with E-state index in [1.54, 1.807) is 22.0 Å². The van der Waals surface area contributed by atoms with Crippen LogP contribution in [-0.2, 0) is 16.0 Å². The standard InChI is InChI=1S/C21H22N4O3/c26-20(10-9-18-7-3-14-28-18)24-12-2-8-19(24)21(27)23-16-5-1-6-17(15-16)25-13-4-11-22-25/h1,3-7,11,13-15,19H,2,8-10,12H2,(H,23,27). The summed E-state index contributed by atoms with van der Waals surface area (Å²) in [6.45, 7) is 0.613. The van der Waals surface area contributed by atoms with Crippen molar-refractivity contribution in [3.63, 3.8) is 0 Å². The van der Waals surface area contributed by atoms with Gasteiger partial charge in [-0.25, -0.2) is 4.68 Å². The Morgan fingerprint density at radius 1 is 1.21 bits per heavy atom. The lowest BCUT2D eigenvalue weighted by molar-refractivity contribution is -0.136. The van der Waals surface area contributed by atoms with Gasteiger partial charge in [0, 0.05) is 37.5 Å². The Balaban J connectivity index is 1.39. The molecule has 1 aliphatic rings. The van der Waals surface area contributed by atoms with Crippen LogP contribution in [0.15, 0.2) is 65.5 Å². The molecule has 0 aliphatic carbocycles. The minimum Gasteiger partial charge on any atom is -0.469 e. The molecule has 0 bridgehead atoms. The zero-order valence-corrected chi connectivity index (χ0v) is 15.5. The van der Waals surface area contributed by atoms with Gasteiger partial charge in [-0.2, -0.15) is 5.10 Å². The Labute approximate surface area is 162 Å². The van der Waals surface area contributed by atoms with Crippen molar-refractivity contribution in [1.82, 2.24) is 14.7 Å². The molecule has 28 heavy (non-hydrogen) atoms. The topological polar surface area (TPSA) is 80.4 Å². The van der Waals surface area contributed by atoms with Gasteiger partial charge in [0.25, 0.3) is 0 Å². The van der Waals surface area contributed by atoms with Crippen LogP contribution in [0, 0.1) is 0 Å². The first-order valence-corrected chi connectivity index (χ1v) is 9.43. The molecule has 1 aliphatic heterocycles. The van der Waals surface area contributed by atoms with Crippen molar-refractivity contribution < 1.29 is 14.0 Å². The lowest BCUT2D eigenvalue weighted by Gasteiger charge is -2.24. The molecule has 144 valence electrons. The monoisotopic (exact) mass is 378 g/mol. The number of hydrogen-bond acceptors (Lipinski definition) is 4. The predicted molar refractivity (Wildman–Crippen MR) is 104 cm³/mol. The van der Waals surface area contributed by atoms with Crippen LogP contribution in [0.5, 0.6) is 0 Å². The van der Waals surface area contributed by atoms with E-state index in [1.165, 1.54) is 0 Å². The van der Waals surface area contributed by atoms with Gasteiger partial charge in [0.2, 0.25) is 11.8 Å². The summed E-state index contributed by atoms with van der Waals surface area (Å²) in [6.07, 6.45) is 7.54. The number of nitrogens with one attached hydrogen (secondary N) is 1. The zero-order valence-electron chi connectivity index (χ0n) is 15.5. The fourth-order valence-corrected chi connectivity index (χ4v) is 3.54. The first-order chi connectivity index (χ1) is 13.7. The Kier molecular flexibility index (Phi) is 5.23. The van der Waals surface area contributed by atoms with E-state index in [1.807, 2.05) is 48.7 Å². The van der Waals surface area contributed by atoms with Gasteiger partial charge in [-0.15, -0.1) is 0 Å². The molecule has 0 radical (unpaired) electrons. The zero-order chi connectivity index (χ0) is 19.3. The molecule has 1 aromatic carbocycles. The highest BCUT2D eigenvalue weighted by molar-refractivity contribution is 5.97. The smallest absolute Gasteiger partial charge is 0.247 e. The molecule has 0 spiro atoms. The summed E-state index contributed by atoms with van der Waals surface area (Å²) < 4.78 is 7.02. The summed E-state index contributed by atoms with van der Waals surface area (Å²) >= 11 is 0. The van der Waals surface area contributed by atoms with E-state index < -0.39 is 6.04 Å². The third-order valence-corrected chi connectivity index (χ3v) is 4.92. The van der Waals surface area contributed by atoms with E-state index in [0.717, 1.165) is 17.9 Å². The first-order valence-electron chi connectivity index (χ1n) is 9.43. The summed E-state index contributed by atoms with van der Waals surface area (Å²) in [6, 6.07) is 12.6. The normalized spacial score (nSPS) is 16.3. The van der Waals surface area contributed by atoms with E-state index in [9.17, 15) is 9.59 Å². The van der Waals surface area contributed by atoms with Gasteiger partial charge in [-0.3, -0.25) is 9.59 Å². The highest BCUT2D eigenvalue weighted by Crippen LogP contribution is 2.22. The van der Waals surface area contributed by atoms with Gasteiger partial charge in [-0.05, 0) is 49.2 Å². The molecule has 4 rings (SSSR count). The van der Waals surface area contributed by atoms with Crippen LogP contribution in [0.4, 0.5) is 5.69 Å². The first kappa shape index (κ1) is 18.0. The van der Waals surface area contributed by atoms with E-state index in [2.05, 4.69) is 10.4 Å². The van der Waals surface area contributed by atoms with Crippen molar-refractivity contribution in [2.45, 2.75) is 31.7 Å². The fourth-order valence-electron chi connectivity index (χ4n) is 3.54. The van der Waals surface area contributed by atoms with Crippen molar-refractivity contribution >= 4 is 17.5 Å². The van der Waals surface area contributed by atoms with Gasteiger partial charge in [0.15, 0.2) is 0 Å². The SMILES string of the molecule is O=C(Nc1cccc(-n2cccn2)c1)C1CCCN1C(=O)CCc1ccco1. The van der Waals surface area contributed by atoms with Crippen LogP contribution in [0.2, 0.25) is 0 Å². The summed E-state index contributed by atoms with van der Waals surface area (Å²) in [7, 11) is 0. The average Bonchev–Trinajstić information content (AvgIpc) is 3.49. The van der Waals surface area contributed by atoms with Gasteiger partial charge in [0.05, 0.1) is 12.0 Å². The molecule has 7 nitrogen and oxygen atoms in total. The highest BCUT2D eigenvalue weighted by Gasteiger charge is 2.33. The number of anilines is 1. The van der Waals surface area contributed by atoms with Crippen LogP contribution >= 0.6 is 0 Å². The van der Waals surface area contributed by atoms with Gasteiger partial charge in [0.1, 0.15) is 11.8 Å².